The Hall–Kier alpha value is -1.14. The van der Waals surface area contributed by atoms with E-state index in [2.05, 4.69) is 0 Å². The second kappa shape index (κ2) is 5.01. The molecule has 0 aliphatic heterocycles. The zero-order chi connectivity index (χ0) is 13.2. The third-order valence-electron chi connectivity index (χ3n) is 2.49. The van der Waals surface area contributed by atoms with Crippen LogP contribution in [0.5, 0.6) is 0 Å². The molecule has 0 saturated heterocycles. The first kappa shape index (κ1) is 13.9. The van der Waals surface area contributed by atoms with Crippen molar-refractivity contribution >= 4 is 15.5 Å². The average molecular weight is 261 g/mol. The fraction of sp³-hybridized carbons (Fsp3) is 0.455. The molecule has 0 aromatic heterocycles. The number of benzene rings is 1. The van der Waals surface area contributed by atoms with Gasteiger partial charge in [0.25, 0.3) is 0 Å². The summed E-state index contributed by atoms with van der Waals surface area (Å²) in [5.74, 6) is -1.37. The number of hydrogen-bond donors (Lipinski definition) is 2. The molecule has 0 saturated carbocycles. The molecule has 0 aliphatic carbocycles. The van der Waals surface area contributed by atoms with Crippen LogP contribution < -0.4 is 5.73 Å². The molecular formula is C11H16FNO3S. The van der Waals surface area contributed by atoms with Crippen LogP contribution >= 0.6 is 0 Å². The van der Waals surface area contributed by atoms with Gasteiger partial charge in [0.05, 0.1) is 22.4 Å². The molecule has 17 heavy (non-hydrogen) atoms. The lowest BCUT2D eigenvalue weighted by molar-refractivity contribution is 0.147. The van der Waals surface area contributed by atoms with Gasteiger partial charge < -0.3 is 10.8 Å². The predicted octanol–water partition coefficient (Wildman–Crippen LogP) is 1.20. The Balaban J connectivity index is 3.01. The maximum atomic E-state index is 13.2. The van der Waals surface area contributed by atoms with Gasteiger partial charge in [-0.05, 0) is 24.1 Å². The zero-order valence-electron chi connectivity index (χ0n) is 9.72. The Labute approximate surface area is 100 Å². The lowest BCUT2D eigenvalue weighted by Gasteiger charge is -2.14. The number of aliphatic hydroxyl groups is 1. The average Bonchev–Trinajstić information content (AvgIpc) is 2.21. The van der Waals surface area contributed by atoms with Gasteiger partial charge in [-0.25, -0.2) is 12.8 Å². The largest absolute Gasteiger partial charge is 0.396 e. The number of sulfone groups is 1. The molecule has 1 aromatic carbocycles. The molecule has 0 aliphatic rings. The Kier molecular flexibility index (Phi) is 4.11. The number of nitrogens with two attached hydrogens (primary N) is 1. The van der Waals surface area contributed by atoms with E-state index in [9.17, 15) is 17.9 Å². The Morgan fingerprint density at radius 1 is 1.41 bits per heavy atom. The van der Waals surface area contributed by atoms with Crippen molar-refractivity contribution in [2.75, 3.05) is 11.5 Å². The van der Waals surface area contributed by atoms with E-state index in [0.717, 1.165) is 6.07 Å². The molecule has 1 atom stereocenters. The fourth-order valence-corrected chi connectivity index (χ4v) is 2.80. The van der Waals surface area contributed by atoms with Crippen LogP contribution in [0.15, 0.2) is 23.1 Å². The first-order valence-electron chi connectivity index (χ1n) is 5.20. The van der Waals surface area contributed by atoms with Gasteiger partial charge in [0.1, 0.15) is 5.82 Å². The Bertz CT molecular complexity index is 499. The SMILES string of the molecule is CC(C)C(O)CS(=O)(=O)c1ccc(N)c(F)c1. The van der Waals surface area contributed by atoms with Crippen molar-refractivity contribution in [3.8, 4) is 0 Å². The summed E-state index contributed by atoms with van der Waals surface area (Å²) in [6, 6.07) is 3.31. The van der Waals surface area contributed by atoms with Crippen LogP contribution in [0.4, 0.5) is 10.1 Å². The molecule has 0 bridgehead atoms. The van der Waals surface area contributed by atoms with Crippen LogP contribution in [0.3, 0.4) is 0 Å². The third-order valence-corrected chi connectivity index (χ3v) is 4.24. The van der Waals surface area contributed by atoms with Crippen molar-refractivity contribution < 1.29 is 17.9 Å². The topological polar surface area (TPSA) is 80.4 Å². The number of aliphatic hydroxyl groups excluding tert-OH is 1. The van der Waals surface area contributed by atoms with Gasteiger partial charge in [0.15, 0.2) is 9.84 Å². The molecule has 0 radical (unpaired) electrons. The van der Waals surface area contributed by atoms with Crippen molar-refractivity contribution in [1.82, 2.24) is 0 Å². The minimum Gasteiger partial charge on any atom is -0.396 e. The van der Waals surface area contributed by atoms with Crippen molar-refractivity contribution in [1.29, 1.82) is 0 Å². The zero-order valence-corrected chi connectivity index (χ0v) is 10.5. The smallest absolute Gasteiger partial charge is 0.181 e. The third kappa shape index (κ3) is 3.41. The van der Waals surface area contributed by atoms with E-state index >= 15 is 0 Å². The maximum Gasteiger partial charge on any atom is 0.181 e. The van der Waals surface area contributed by atoms with Crippen molar-refractivity contribution in [2.45, 2.75) is 24.8 Å². The van der Waals surface area contributed by atoms with Gasteiger partial charge in [-0.3, -0.25) is 0 Å². The van der Waals surface area contributed by atoms with E-state index in [1.54, 1.807) is 13.8 Å². The van der Waals surface area contributed by atoms with Gasteiger partial charge in [-0.15, -0.1) is 0 Å². The summed E-state index contributed by atoms with van der Waals surface area (Å²) in [5.41, 5.74) is 5.16. The van der Waals surface area contributed by atoms with Gasteiger partial charge in [0, 0.05) is 0 Å². The summed E-state index contributed by atoms with van der Waals surface area (Å²) in [6.45, 7) is 3.42. The molecule has 1 aromatic rings. The highest BCUT2D eigenvalue weighted by Gasteiger charge is 2.22. The van der Waals surface area contributed by atoms with Crippen LogP contribution in [0.25, 0.3) is 0 Å². The lowest BCUT2D eigenvalue weighted by atomic mass is 10.1. The first-order valence-corrected chi connectivity index (χ1v) is 6.85. The van der Waals surface area contributed by atoms with Crippen molar-refractivity contribution in [3.63, 3.8) is 0 Å². The van der Waals surface area contributed by atoms with Gasteiger partial charge in [-0.2, -0.15) is 0 Å². The fourth-order valence-electron chi connectivity index (χ4n) is 1.21. The number of hydrogen-bond acceptors (Lipinski definition) is 4. The van der Waals surface area contributed by atoms with Gasteiger partial charge >= 0.3 is 0 Å². The second-order valence-electron chi connectivity index (χ2n) is 4.28. The molecule has 0 spiro atoms. The highest BCUT2D eigenvalue weighted by molar-refractivity contribution is 7.91. The molecule has 4 nitrogen and oxygen atoms in total. The summed E-state index contributed by atoms with van der Waals surface area (Å²) >= 11 is 0. The number of anilines is 1. The van der Waals surface area contributed by atoms with E-state index in [-0.39, 0.29) is 16.5 Å². The molecule has 0 amide bonds. The monoisotopic (exact) mass is 261 g/mol. The van der Waals surface area contributed by atoms with Gasteiger partial charge in [-0.1, -0.05) is 13.8 Å². The maximum absolute atomic E-state index is 13.2. The quantitative estimate of drug-likeness (QED) is 0.798. The van der Waals surface area contributed by atoms with Gasteiger partial charge in [0.2, 0.25) is 0 Å². The van der Waals surface area contributed by atoms with Crippen molar-refractivity contribution in [2.24, 2.45) is 5.92 Å². The number of nitrogen functional groups attached to an aromatic ring is 1. The second-order valence-corrected chi connectivity index (χ2v) is 6.31. The predicted molar refractivity (Wildman–Crippen MR) is 63.7 cm³/mol. The summed E-state index contributed by atoms with van der Waals surface area (Å²) in [4.78, 5) is -0.163. The molecular weight excluding hydrogens is 245 g/mol. The normalized spacial score (nSPS) is 13.9. The molecule has 6 heteroatoms. The van der Waals surface area contributed by atoms with Crippen LogP contribution in [0.2, 0.25) is 0 Å². The van der Waals surface area contributed by atoms with E-state index in [1.165, 1.54) is 12.1 Å². The molecule has 1 unspecified atom stereocenters. The van der Waals surface area contributed by atoms with E-state index in [0.29, 0.717) is 0 Å². The minimum atomic E-state index is -3.69. The van der Waals surface area contributed by atoms with E-state index in [4.69, 9.17) is 5.73 Å². The van der Waals surface area contributed by atoms with Crippen molar-refractivity contribution in [3.05, 3.63) is 24.0 Å². The molecule has 3 N–H and O–H groups in total. The summed E-state index contributed by atoms with van der Waals surface area (Å²) in [6.07, 6.45) is -0.972. The first-order chi connectivity index (χ1) is 7.74. The van der Waals surface area contributed by atoms with Crippen LogP contribution in [-0.4, -0.2) is 25.4 Å². The molecule has 1 rings (SSSR count). The highest BCUT2D eigenvalue weighted by atomic mass is 32.2. The lowest BCUT2D eigenvalue weighted by Crippen LogP contribution is -2.25. The van der Waals surface area contributed by atoms with Crippen LogP contribution in [0, 0.1) is 11.7 Å². The molecule has 0 fully saturated rings. The highest BCUT2D eigenvalue weighted by Crippen LogP contribution is 2.19. The van der Waals surface area contributed by atoms with E-state index in [1.807, 2.05) is 0 Å². The summed E-state index contributed by atoms with van der Waals surface area (Å²) in [5, 5.41) is 9.55. The number of halogens is 1. The molecule has 96 valence electrons. The summed E-state index contributed by atoms with van der Waals surface area (Å²) < 4.78 is 36.8. The van der Waals surface area contributed by atoms with E-state index < -0.39 is 27.5 Å². The summed E-state index contributed by atoms with van der Waals surface area (Å²) in [7, 11) is -3.69. The Morgan fingerprint density at radius 3 is 2.47 bits per heavy atom. The molecule has 0 heterocycles. The van der Waals surface area contributed by atoms with Crippen LogP contribution in [-0.2, 0) is 9.84 Å². The Morgan fingerprint density at radius 2 is 2.00 bits per heavy atom. The number of rotatable bonds is 4. The van der Waals surface area contributed by atoms with Crippen LogP contribution in [0.1, 0.15) is 13.8 Å². The minimum absolute atomic E-state index is 0.103. The standard InChI is InChI=1S/C11H16FNO3S/c1-7(2)11(14)6-17(15,16)8-3-4-10(13)9(12)5-8/h3-5,7,11,14H,6,13H2,1-2H3.